The number of benzene rings is 2. The second-order valence-corrected chi connectivity index (χ2v) is 4.97. The van der Waals surface area contributed by atoms with Gasteiger partial charge in [-0.25, -0.2) is 4.39 Å². The fraction of sp³-hybridized carbons (Fsp3) is 0.118. The Bertz CT molecular complexity index is 790. The van der Waals surface area contributed by atoms with Crippen molar-refractivity contribution in [3.63, 3.8) is 0 Å². The van der Waals surface area contributed by atoms with Crippen molar-refractivity contribution >= 4 is 16.9 Å². The van der Waals surface area contributed by atoms with Gasteiger partial charge in [-0.05, 0) is 29.3 Å². The lowest BCUT2D eigenvalue weighted by Crippen LogP contribution is -2.24. The standard InChI is InChI=1S/C17H14FNO2/c18-14-7-5-12(6-8-14)10-19-11-13(9-17(20)21)15-3-1-2-4-16(15)19/h1-8,11H,9-10H2,(H,20,21)/p-1. The topological polar surface area (TPSA) is 45.1 Å². The molecule has 0 saturated heterocycles. The van der Waals surface area contributed by atoms with Gasteiger partial charge < -0.3 is 14.5 Å². The van der Waals surface area contributed by atoms with Crippen LogP contribution in [-0.4, -0.2) is 10.5 Å². The smallest absolute Gasteiger partial charge is 0.123 e. The summed E-state index contributed by atoms with van der Waals surface area (Å²) in [5, 5.41) is 11.8. The van der Waals surface area contributed by atoms with E-state index in [0.29, 0.717) is 6.54 Å². The van der Waals surface area contributed by atoms with Crippen LogP contribution in [0.3, 0.4) is 0 Å². The molecule has 0 N–H and O–H groups in total. The van der Waals surface area contributed by atoms with E-state index in [2.05, 4.69) is 0 Å². The van der Waals surface area contributed by atoms with Crippen molar-refractivity contribution in [1.29, 1.82) is 0 Å². The first-order chi connectivity index (χ1) is 10.1. The number of rotatable bonds is 4. The van der Waals surface area contributed by atoms with Gasteiger partial charge in [-0.1, -0.05) is 30.3 Å². The Morgan fingerprint density at radius 3 is 2.52 bits per heavy atom. The predicted molar refractivity (Wildman–Crippen MR) is 76.2 cm³/mol. The van der Waals surface area contributed by atoms with Crippen LogP contribution in [0.4, 0.5) is 4.39 Å². The molecule has 2 aromatic carbocycles. The first-order valence-corrected chi connectivity index (χ1v) is 6.64. The molecule has 21 heavy (non-hydrogen) atoms. The maximum absolute atomic E-state index is 12.9. The molecule has 0 radical (unpaired) electrons. The third kappa shape index (κ3) is 2.79. The molecule has 0 unspecified atom stereocenters. The highest BCUT2D eigenvalue weighted by molar-refractivity contribution is 5.87. The molecule has 0 bridgehead atoms. The Hall–Kier alpha value is -2.62. The van der Waals surface area contributed by atoms with Gasteiger partial charge in [0.05, 0.1) is 0 Å². The summed E-state index contributed by atoms with van der Waals surface area (Å²) in [5.74, 6) is -1.37. The second kappa shape index (κ2) is 5.40. The van der Waals surface area contributed by atoms with Crippen LogP contribution < -0.4 is 5.11 Å². The highest BCUT2D eigenvalue weighted by Crippen LogP contribution is 2.22. The fourth-order valence-electron chi connectivity index (χ4n) is 2.54. The molecular weight excluding hydrogens is 269 g/mol. The van der Waals surface area contributed by atoms with E-state index in [-0.39, 0.29) is 12.2 Å². The molecule has 4 heteroatoms. The van der Waals surface area contributed by atoms with Crippen molar-refractivity contribution < 1.29 is 14.3 Å². The van der Waals surface area contributed by atoms with Gasteiger partial charge in [0.25, 0.3) is 0 Å². The Balaban J connectivity index is 2.01. The van der Waals surface area contributed by atoms with E-state index >= 15 is 0 Å². The molecule has 3 rings (SSSR count). The molecule has 0 saturated carbocycles. The number of aromatic nitrogens is 1. The highest BCUT2D eigenvalue weighted by atomic mass is 19.1. The molecule has 0 fully saturated rings. The lowest BCUT2D eigenvalue weighted by Gasteiger charge is -2.05. The van der Waals surface area contributed by atoms with Gasteiger partial charge in [-0.15, -0.1) is 0 Å². The summed E-state index contributed by atoms with van der Waals surface area (Å²) in [6.45, 7) is 0.563. The van der Waals surface area contributed by atoms with Crippen LogP contribution in [-0.2, 0) is 17.8 Å². The van der Waals surface area contributed by atoms with E-state index in [9.17, 15) is 14.3 Å². The number of hydrogen-bond acceptors (Lipinski definition) is 2. The summed E-state index contributed by atoms with van der Waals surface area (Å²) in [7, 11) is 0. The number of carboxylic acids is 1. The van der Waals surface area contributed by atoms with Crippen LogP contribution in [0, 0.1) is 5.82 Å². The van der Waals surface area contributed by atoms with Gasteiger partial charge in [0.15, 0.2) is 0 Å². The van der Waals surface area contributed by atoms with Gasteiger partial charge >= 0.3 is 0 Å². The van der Waals surface area contributed by atoms with E-state index in [1.165, 1.54) is 12.1 Å². The molecule has 3 nitrogen and oxygen atoms in total. The lowest BCUT2D eigenvalue weighted by atomic mass is 10.1. The maximum Gasteiger partial charge on any atom is 0.123 e. The summed E-state index contributed by atoms with van der Waals surface area (Å²) in [6, 6.07) is 13.9. The summed E-state index contributed by atoms with van der Waals surface area (Å²) in [4.78, 5) is 10.9. The Labute approximate surface area is 121 Å². The molecule has 0 aliphatic rings. The predicted octanol–water partition coefficient (Wildman–Crippen LogP) is 2.12. The zero-order valence-corrected chi connectivity index (χ0v) is 11.3. The van der Waals surface area contributed by atoms with Gasteiger partial charge in [0.1, 0.15) is 5.82 Å². The number of hydrogen-bond donors (Lipinski definition) is 0. The second-order valence-electron chi connectivity index (χ2n) is 4.97. The molecule has 106 valence electrons. The molecule has 1 aromatic heterocycles. The van der Waals surface area contributed by atoms with E-state index in [1.54, 1.807) is 12.1 Å². The molecule has 0 aliphatic carbocycles. The number of carboxylic acid groups (broad SMARTS) is 1. The Kier molecular flexibility index (Phi) is 3.44. The van der Waals surface area contributed by atoms with E-state index in [1.807, 2.05) is 35.0 Å². The fourth-order valence-corrected chi connectivity index (χ4v) is 2.54. The number of nitrogens with zero attached hydrogens (tertiary/aromatic N) is 1. The van der Waals surface area contributed by atoms with Crippen molar-refractivity contribution in [2.45, 2.75) is 13.0 Å². The van der Waals surface area contributed by atoms with Crippen LogP contribution in [0.25, 0.3) is 10.9 Å². The number of aliphatic carboxylic acids is 1. The normalized spacial score (nSPS) is 10.9. The third-order valence-electron chi connectivity index (χ3n) is 3.47. The average Bonchev–Trinajstić information content (AvgIpc) is 2.79. The van der Waals surface area contributed by atoms with E-state index in [0.717, 1.165) is 22.0 Å². The molecule has 0 spiro atoms. The Morgan fingerprint density at radius 1 is 1.10 bits per heavy atom. The molecule has 0 atom stereocenters. The lowest BCUT2D eigenvalue weighted by molar-refractivity contribution is -0.304. The number of fused-ring (bicyclic) bond motifs is 1. The third-order valence-corrected chi connectivity index (χ3v) is 3.47. The summed E-state index contributed by atoms with van der Waals surface area (Å²) in [5.41, 5.74) is 2.64. The van der Waals surface area contributed by atoms with E-state index in [4.69, 9.17) is 0 Å². The molecule has 1 heterocycles. The van der Waals surface area contributed by atoms with Crippen LogP contribution in [0.1, 0.15) is 11.1 Å². The highest BCUT2D eigenvalue weighted by Gasteiger charge is 2.08. The largest absolute Gasteiger partial charge is 0.550 e. The number of carbonyl (C=O) groups excluding carboxylic acids is 1. The zero-order chi connectivity index (χ0) is 14.8. The number of carbonyl (C=O) groups is 1. The zero-order valence-electron chi connectivity index (χ0n) is 11.3. The summed E-state index contributed by atoms with van der Waals surface area (Å²) < 4.78 is 14.9. The van der Waals surface area contributed by atoms with Crippen LogP contribution in [0.2, 0.25) is 0 Å². The van der Waals surface area contributed by atoms with Crippen molar-refractivity contribution in [2.75, 3.05) is 0 Å². The average molecular weight is 282 g/mol. The van der Waals surface area contributed by atoms with Crippen molar-refractivity contribution in [3.05, 3.63) is 71.7 Å². The quantitative estimate of drug-likeness (QED) is 0.736. The van der Waals surface area contributed by atoms with Crippen molar-refractivity contribution in [3.8, 4) is 0 Å². The maximum atomic E-state index is 12.9. The number of para-hydroxylation sites is 1. The first-order valence-electron chi connectivity index (χ1n) is 6.64. The Morgan fingerprint density at radius 2 is 1.81 bits per heavy atom. The van der Waals surface area contributed by atoms with Gasteiger partial charge in [-0.2, -0.15) is 0 Å². The monoisotopic (exact) mass is 282 g/mol. The van der Waals surface area contributed by atoms with Crippen LogP contribution in [0.15, 0.2) is 54.7 Å². The van der Waals surface area contributed by atoms with Gasteiger partial charge in [0, 0.05) is 36.0 Å². The minimum Gasteiger partial charge on any atom is -0.550 e. The molecule has 3 aromatic rings. The summed E-state index contributed by atoms with van der Waals surface area (Å²) >= 11 is 0. The van der Waals surface area contributed by atoms with Crippen molar-refractivity contribution in [1.82, 2.24) is 4.57 Å². The molecule has 0 aliphatic heterocycles. The first kappa shape index (κ1) is 13.4. The van der Waals surface area contributed by atoms with Crippen LogP contribution in [0.5, 0.6) is 0 Å². The van der Waals surface area contributed by atoms with Gasteiger partial charge in [-0.3, -0.25) is 0 Å². The minimum absolute atomic E-state index is 0.114. The van der Waals surface area contributed by atoms with Gasteiger partial charge in [0.2, 0.25) is 0 Å². The van der Waals surface area contributed by atoms with Crippen LogP contribution >= 0.6 is 0 Å². The van der Waals surface area contributed by atoms with Crippen molar-refractivity contribution in [2.24, 2.45) is 0 Å². The SMILES string of the molecule is O=C([O-])Cc1cn(Cc2ccc(F)cc2)c2ccccc12. The van der Waals surface area contributed by atoms with E-state index < -0.39 is 5.97 Å². The molecular formula is C17H13FNO2-. The number of halogens is 1. The summed E-state index contributed by atoms with van der Waals surface area (Å²) in [6.07, 6.45) is 1.71. The minimum atomic E-state index is -1.10. The molecule has 0 amide bonds.